The highest BCUT2D eigenvalue weighted by Gasteiger charge is 2.15. The Hall–Kier alpha value is -0.840. The molecule has 21 heavy (non-hydrogen) atoms. The van der Waals surface area contributed by atoms with Crippen LogP contribution in [0.25, 0.3) is 0 Å². The van der Waals surface area contributed by atoms with Gasteiger partial charge in [0.05, 0.1) is 15.9 Å². The van der Waals surface area contributed by atoms with Gasteiger partial charge in [-0.1, -0.05) is 30.7 Å². The lowest BCUT2D eigenvalue weighted by Gasteiger charge is -2.18. The van der Waals surface area contributed by atoms with Crippen LogP contribution in [-0.4, -0.2) is 21.7 Å². The van der Waals surface area contributed by atoms with Crippen molar-refractivity contribution < 1.29 is 0 Å². The van der Waals surface area contributed by atoms with Gasteiger partial charge in [0.2, 0.25) is 0 Å². The molecule has 5 heteroatoms. The van der Waals surface area contributed by atoms with Gasteiger partial charge in [0, 0.05) is 24.7 Å². The van der Waals surface area contributed by atoms with Crippen LogP contribution in [0.1, 0.15) is 30.8 Å². The monoisotopic (exact) mass is 369 g/mol. The molecule has 2 rings (SSSR count). The van der Waals surface area contributed by atoms with Crippen molar-refractivity contribution in [1.82, 2.24) is 14.7 Å². The van der Waals surface area contributed by atoms with E-state index in [0.29, 0.717) is 0 Å². The molecule has 114 valence electrons. The van der Waals surface area contributed by atoms with E-state index in [1.807, 2.05) is 18.2 Å². The summed E-state index contributed by atoms with van der Waals surface area (Å²) in [6.07, 6.45) is 0.943. The van der Waals surface area contributed by atoms with Gasteiger partial charge in [-0.2, -0.15) is 5.10 Å². The minimum absolute atomic E-state index is 0.786. The lowest BCUT2D eigenvalue weighted by Crippen LogP contribution is -2.20. The molecule has 0 aliphatic heterocycles. The molecule has 0 aliphatic rings. The Kier molecular flexibility index (Phi) is 5.85. The van der Waals surface area contributed by atoms with Gasteiger partial charge in [-0.25, -0.2) is 0 Å². The van der Waals surface area contributed by atoms with Gasteiger partial charge in [-0.3, -0.25) is 9.58 Å². The molecule has 0 bridgehead atoms. The second-order valence-corrected chi connectivity index (χ2v) is 6.41. The predicted octanol–water partition coefficient (Wildman–Crippen LogP) is 4.51. The molecule has 1 aromatic heterocycles. The first kappa shape index (κ1) is 16.5. The molecule has 0 fully saturated rings. The minimum Gasteiger partial charge on any atom is -0.296 e. The van der Waals surface area contributed by atoms with E-state index < -0.39 is 0 Å². The van der Waals surface area contributed by atoms with E-state index in [2.05, 4.69) is 57.6 Å². The van der Waals surface area contributed by atoms with Crippen LogP contribution in [0.2, 0.25) is 5.02 Å². The first-order chi connectivity index (χ1) is 10.0. The first-order valence-electron chi connectivity index (χ1n) is 7.22. The minimum atomic E-state index is 0.786. The number of benzene rings is 1. The highest BCUT2D eigenvalue weighted by Crippen LogP contribution is 2.24. The molecule has 3 nitrogen and oxygen atoms in total. The number of rotatable bonds is 6. The Morgan fingerprint density at radius 1 is 1.29 bits per heavy atom. The average molecular weight is 371 g/mol. The Morgan fingerprint density at radius 3 is 2.67 bits per heavy atom. The SMILES string of the molecule is CCc1nn(CC)c(CN(C)Cc2cccc(Cl)c2)c1Br. The fraction of sp³-hybridized carbons (Fsp3) is 0.438. The van der Waals surface area contributed by atoms with E-state index in [4.69, 9.17) is 11.6 Å². The molecule has 0 aliphatic carbocycles. The van der Waals surface area contributed by atoms with Crippen LogP contribution in [0, 0.1) is 0 Å². The third-order valence-corrected chi connectivity index (χ3v) is 4.61. The molecule has 0 atom stereocenters. The molecule has 0 saturated heterocycles. The number of aromatic nitrogens is 2. The Balaban J connectivity index is 2.12. The predicted molar refractivity (Wildman–Crippen MR) is 91.6 cm³/mol. The second kappa shape index (κ2) is 7.43. The fourth-order valence-electron chi connectivity index (χ4n) is 2.43. The quantitative estimate of drug-likeness (QED) is 0.746. The number of hydrogen-bond donors (Lipinski definition) is 0. The summed E-state index contributed by atoms with van der Waals surface area (Å²) in [5, 5.41) is 5.43. The number of nitrogens with zero attached hydrogens (tertiary/aromatic N) is 3. The van der Waals surface area contributed by atoms with Crippen molar-refractivity contribution in [1.29, 1.82) is 0 Å². The number of aryl methyl sites for hydroxylation is 2. The topological polar surface area (TPSA) is 21.1 Å². The highest BCUT2D eigenvalue weighted by molar-refractivity contribution is 9.10. The summed E-state index contributed by atoms with van der Waals surface area (Å²) in [4.78, 5) is 2.28. The van der Waals surface area contributed by atoms with Crippen LogP contribution in [0.3, 0.4) is 0 Å². The summed E-state index contributed by atoms with van der Waals surface area (Å²) >= 11 is 9.74. The van der Waals surface area contributed by atoms with Gasteiger partial charge in [-0.15, -0.1) is 0 Å². The van der Waals surface area contributed by atoms with E-state index in [1.165, 1.54) is 11.3 Å². The number of hydrogen-bond acceptors (Lipinski definition) is 2. The van der Waals surface area contributed by atoms with Crippen molar-refractivity contribution in [3.8, 4) is 0 Å². The van der Waals surface area contributed by atoms with E-state index in [1.54, 1.807) is 0 Å². The van der Waals surface area contributed by atoms with Crippen molar-refractivity contribution in [2.24, 2.45) is 0 Å². The maximum Gasteiger partial charge on any atom is 0.0767 e. The van der Waals surface area contributed by atoms with Gasteiger partial charge in [0.15, 0.2) is 0 Å². The molecule has 0 radical (unpaired) electrons. The van der Waals surface area contributed by atoms with Crippen LogP contribution < -0.4 is 0 Å². The first-order valence-corrected chi connectivity index (χ1v) is 8.39. The largest absolute Gasteiger partial charge is 0.296 e. The average Bonchev–Trinajstić information content (AvgIpc) is 2.75. The Morgan fingerprint density at radius 2 is 2.05 bits per heavy atom. The molecule has 0 saturated carbocycles. The zero-order chi connectivity index (χ0) is 15.4. The third kappa shape index (κ3) is 4.09. The molecule has 1 heterocycles. The van der Waals surface area contributed by atoms with Gasteiger partial charge in [0.25, 0.3) is 0 Å². The van der Waals surface area contributed by atoms with Gasteiger partial charge < -0.3 is 0 Å². The smallest absolute Gasteiger partial charge is 0.0767 e. The maximum absolute atomic E-state index is 6.04. The summed E-state index contributed by atoms with van der Waals surface area (Å²) in [6, 6.07) is 8.02. The molecule has 0 unspecified atom stereocenters. The lowest BCUT2D eigenvalue weighted by molar-refractivity contribution is 0.307. The van der Waals surface area contributed by atoms with Crippen molar-refractivity contribution >= 4 is 27.5 Å². The van der Waals surface area contributed by atoms with E-state index >= 15 is 0 Å². The molecular formula is C16H21BrClN3. The zero-order valence-electron chi connectivity index (χ0n) is 12.7. The standard InChI is InChI=1S/C16H21BrClN3/c1-4-14-16(17)15(21(5-2)19-14)11-20(3)10-12-7-6-8-13(18)9-12/h6-9H,4-5,10-11H2,1-3H3. The molecule has 0 N–H and O–H groups in total. The molecule has 1 aromatic carbocycles. The van der Waals surface area contributed by atoms with Gasteiger partial charge in [-0.05, 0) is 54.0 Å². The fourth-order valence-corrected chi connectivity index (χ4v) is 3.33. The summed E-state index contributed by atoms with van der Waals surface area (Å²) in [6.45, 7) is 6.86. The van der Waals surface area contributed by atoms with E-state index in [9.17, 15) is 0 Å². The van der Waals surface area contributed by atoms with Crippen molar-refractivity contribution in [2.75, 3.05) is 7.05 Å². The Labute approximate surface area is 140 Å². The summed E-state index contributed by atoms with van der Waals surface area (Å²) < 4.78 is 3.22. The van der Waals surface area contributed by atoms with Crippen molar-refractivity contribution in [3.05, 3.63) is 50.7 Å². The molecule has 2 aromatic rings. The summed E-state index contributed by atoms with van der Waals surface area (Å²) in [5.41, 5.74) is 3.58. The van der Waals surface area contributed by atoms with Crippen LogP contribution >= 0.6 is 27.5 Å². The summed E-state index contributed by atoms with van der Waals surface area (Å²) in [7, 11) is 2.12. The summed E-state index contributed by atoms with van der Waals surface area (Å²) in [5.74, 6) is 0. The normalized spacial score (nSPS) is 11.3. The molecule has 0 spiro atoms. The van der Waals surface area contributed by atoms with Gasteiger partial charge in [0.1, 0.15) is 0 Å². The van der Waals surface area contributed by atoms with E-state index in [-0.39, 0.29) is 0 Å². The molecule has 0 amide bonds. The van der Waals surface area contributed by atoms with Crippen LogP contribution in [-0.2, 0) is 26.1 Å². The highest BCUT2D eigenvalue weighted by atomic mass is 79.9. The van der Waals surface area contributed by atoms with Crippen molar-refractivity contribution in [2.45, 2.75) is 39.9 Å². The second-order valence-electron chi connectivity index (χ2n) is 5.18. The number of halogens is 2. The lowest BCUT2D eigenvalue weighted by atomic mass is 10.2. The van der Waals surface area contributed by atoms with Crippen LogP contribution in [0.5, 0.6) is 0 Å². The Bertz CT molecular complexity index is 610. The van der Waals surface area contributed by atoms with Crippen LogP contribution in [0.15, 0.2) is 28.7 Å². The van der Waals surface area contributed by atoms with Crippen LogP contribution in [0.4, 0.5) is 0 Å². The van der Waals surface area contributed by atoms with E-state index in [0.717, 1.165) is 41.2 Å². The maximum atomic E-state index is 6.04. The molecular weight excluding hydrogens is 350 g/mol. The van der Waals surface area contributed by atoms with Crippen molar-refractivity contribution in [3.63, 3.8) is 0 Å². The zero-order valence-corrected chi connectivity index (χ0v) is 15.1. The van der Waals surface area contributed by atoms with Gasteiger partial charge >= 0.3 is 0 Å². The third-order valence-electron chi connectivity index (χ3n) is 3.46.